The van der Waals surface area contributed by atoms with Gasteiger partial charge in [-0.25, -0.2) is 14.2 Å². The highest BCUT2D eigenvalue weighted by molar-refractivity contribution is 6.04. The van der Waals surface area contributed by atoms with Gasteiger partial charge in [-0.1, -0.05) is 67.6 Å². The predicted molar refractivity (Wildman–Crippen MR) is 158 cm³/mol. The molecule has 0 radical (unpaired) electrons. The van der Waals surface area contributed by atoms with Crippen molar-refractivity contribution in [1.29, 1.82) is 0 Å². The zero-order chi connectivity index (χ0) is 30.5. The number of nitrogens with one attached hydrogen (secondary N) is 2. The van der Waals surface area contributed by atoms with Gasteiger partial charge in [0.1, 0.15) is 12.4 Å². The Hall–Kier alpha value is -4.16. The number of primary amides is 1. The quantitative estimate of drug-likeness (QED) is 0.328. The van der Waals surface area contributed by atoms with Gasteiger partial charge in [-0.05, 0) is 35.7 Å². The summed E-state index contributed by atoms with van der Waals surface area (Å²) < 4.78 is 25.2. The molecule has 3 aromatic carbocycles. The van der Waals surface area contributed by atoms with E-state index in [1.165, 1.54) is 24.3 Å². The highest BCUT2D eigenvalue weighted by Crippen LogP contribution is 2.44. The summed E-state index contributed by atoms with van der Waals surface area (Å²) in [5, 5.41) is 16.9. The van der Waals surface area contributed by atoms with Gasteiger partial charge in [-0.2, -0.15) is 0 Å². The second-order valence-electron chi connectivity index (χ2n) is 10.7. The zero-order valence-corrected chi connectivity index (χ0v) is 24.1. The first-order valence-corrected chi connectivity index (χ1v) is 14.3. The summed E-state index contributed by atoms with van der Waals surface area (Å²) in [5.41, 5.74) is 4.99. The molecule has 0 spiro atoms. The molecular weight excluding hydrogens is 553 g/mol. The Morgan fingerprint density at radius 3 is 2.44 bits per heavy atom. The lowest BCUT2D eigenvalue weighted by Crippen LogP contribution is -3.19. The number of nitrogens with two attached hydrogens (primary N) is 1. The fourth-order valence-electron chi connectivity index (χ4n) is 6.23. The molecule has 0 aromatic heterocycles. The lowest BCUT2D eigenvalue weighted by Gasteiger charge is -2.52. The molecule has 1 fully saturated rings. The van der Waals surface area contributed by atoms with E-state index in [9.17, 15) is 19.2 Å². The third-order valence-electron chi connectivity index (χ3n) is 8.38. The van der Waals surface area contributed by atoms with E-state index in [0.29, 0.717) is 49.7 Å². The topological polar surface area (TPSA) is 134 Å². The van der Waals surface area contributed by atoms with Crippen molar-refractivity contribution in [1.82, 2.24) is 10.2 Å². The van der Waals surface area contributed by atoms with Crippen LogP contribution in [-0.4, -0.2) is 62.1 Å². The Morgan fingerprint density at radius 1 is 1.09 bits per heavy atom. The number of aliphatic imine (C=N–C) groups is 1. The lowest BCUT2D eigenvalue weighted by molar-refractivity contribution is -0.922. The van der Waals surface area contributed by atoms with Crippen molar-refractivity contribution in [3.63, 3.8) is 0 Å². The average molecular weight is 590 g/mol. The van der Waals surface area contributed by atoms with Gasteiger partial charge in [0, 0.05) is 30.8 Å². The highest BCUT2D eigenvalue weighted by atomic mass is 19.1. The number of amides is 2. The van der Waals surface area contributed by atoms with E-state index in [2.05, 4.69) is 10.2 Å². The molecule has 0 saturated carbocycles. The molecule has 10 nitrogen and oxygen atoms in total. The molecule has 11 heteroatoms. The summed E-state index contributed by atoms with van der Waals surface area (Å²) in [7, 11) is 0. The third kappa shape index (κ3) is 5.76. The Kier molecular flexibility index (Phi) is 9.16. The number of carbonyl (C=O) groups is 2. The lowest BCUT2D eigenvalue weighted by atomic mass is 9.63. The van der Waals surface area contributed by atoms with Crippen molar-refractivity contribution in [3.05, 3.63) is 112 Å². The fraction of sp³-hybridized carbons (Fsp3) is 0.344. The van der Waals surface area contributed by atoms with Crippen LogP contribution in [0.1, 0.15) is 35.6 Å². The minimum Gasteiger partial charge on any atom is -0.631 e. The number of halogens is 1. The van der Waals surface area contributed by atoms with Crippen molar-refractivity contribution >= 4 is 17.7 Å². The van der Waals surface area contributed by atoms with Gasteiger partial charge >= 0.3 is 6.09 Å². The number of hydrogen-bond acceptors (Lipinski definition) is 7. The summed E-state index contributed by atoms with van der Waals surface area (Å²) in [6.07, 6.45) is -0.906. The number of rotatable bonds is 9. The maximum Gasteiger partial charge on any atom is 0.412 e. The molecular formula is C32H36FN5O5. The Bertz CT molecular complexity index is 1460. The first-order chi connectivity index (χ1) is 20.8. The van der Waals surface area contributed by atoms with Crippen LogP contribution in [0.15, 0.2) is 83.9 Å². The second-order valence-corrected chi connectivity index (χ2v) is 10.7. The number of alkyl carbamates (subject to hydrolysis) is 1. The standard InChI is InChI=1S/C32H36FN5O5/c1-2-31(29(34)39,24-12-14-25(33)15-13-24)32(36-30(40)43-21-23-8-4-3-5-9-23)27-11-7-6-10-26(27)28(35-22-38(32)41)20-37-16-18-42-19-17-37/h3-15,38H,2,16-22H2,1H3,(H2,34,39)(H,36,40). The number of hydroxylamine groups is 2. The minimum absolute atomic E-state index is 0.00576. The van der Waals surface area contributed by atoms with Crippen molar-refractivity contribution in [3.8, 4) is 0 Å². The molecule has 2 heterocycles. The van der Waals surface area contributed by atoms with Gasteiger partial charge < -0.3 is 25.5 Å². The second kappa shape index (κ2) is 13.0. The molecule has 43 heavy (non-hydrogen) atoms. The van der Waals surface area contributed by atoms with E-state index < -0.39 is 34.0 Å². The number of carbonyl (C=O) groups excluding carboxylic acids is 2. The van der Waals surface area contributed by atoms with Crippen LogP contribution in [0.25, 0.3) is 0 Å². The molecule has 2 aliphatic rings. The number of nitrogens with zero attached hydrogens (tertiary/aromatic N) is 2. The van der Waals surface area contributed by atoms with Crippen LogP contribution in [0.3, 0.4) is 0 Å². The fourth-order valence-corrected chi connectivity index (χ4v) is 6.23. The van der Waals surface area contributed by atoms with Crippen molar-refractivity contribution in [2.45, 2.75) is 31.0 Å². The van der Waals surface area contributed by atoms with E-state index in [0.717, 1.165) is 5.56 Å². The van der Waals surface area contributed by atoms with Gasteiger partial charge in [0.2, 0.25) is 11.6 Å². The van der Waals surface area contributed by atoms with E-state index in [-0.39, 0.29) is 25.3 Å². The van der Waals surface area contributed by atoms with Gasteiger partial charge in [0.25, 0.3) is 0 Å². The summed E-state index contributed by atoms with van der Waals surface area (Å²) in [6, 6.07) is 21.5. The first kappa shape index (κ1) is 30.3. The molecule has 0 aliphatic carbocycles. The van der Waals surface area contributed by atoms with Gasteiger partial charge in [-0.15, -0.1) is 0 Å². The molecule has 3 aromatic rings. The smallest absolute Gasteiger partial charge is 0.412 e. The summed E-state index contributed by atoms with van der Waals surface area (Å²) in [5.74, 6) is -1.38. The molecule has 2 amide bonds. The van der Waals surface area contributed by atoms with E-state index >= 15 is 0 Å². The van der Waals surface area contributed by atoms with Crippen molar-refractivity contribution < 1.29 is 28.5 Å². The highest BCUT2D eigenvalue weighted by Gasteiger charge is 2.64. The largest absolute Gasteiger partial charge is 0.631 e. The Labute approximate surface area is 249 Å². The maximum absolute atomic E-state index is 14.6. The number of quaternary nitrogens is 1. The van der Waals surface area contributed by atoms with E-state index in [1.54, 1.807) is 31.2 Å². The zero-order valence-electron chi connectivity index (χ0n) is 24.1. The van der Waals surface area contributed by atoms with Crippen molar-refractivity contribution in [2.24, 2.45) is 10.7 Å². The van der Waals surface area contributed by atoms with Crippen LogP contribution >= 0.6 is 0 Å². The van der Waals surface area contributed by atoms with E-state index in [4.69, 9.17) is 20.2 Å². The van der Waals surface area contributed by atoms with Crippen LogP contribution in [0.4, 0.5) is 9.18 Å². The molecule has 3 atom stereocenters. The van der Waals surface area contributed by atoms with Crippen molar-refractivity contribution in [2.75, 3.05) is 39.5 Å². The monoisotopic (exact) mass is 589 g/mol. The number of hydrogen-bond donors (Lipinski definition) is 3. The normalized spacial score (nSPS) is 21.9. The first-order valence-electron chi connectivity index (χ1n) is 14.3. The number of morpholine rings is 1. The number of fused-ring (bicyclic) bond motifs is 1. The summed E-state index contributed by atoms with van der Waals surface area (Å²) >= 11 is 0. The van der Waals surface area contributed by atoms with Crippen LogP contribution in [0.5, 0.6) is 0 Å². The third-order valence-corrected chi connectivity index (χ3v) is 8.38. The van der Waals surface area contributed by atoms with Gasteiger partial charge in [0.05, 0.1) is 18.9 Å². The van der Waals surface area contributed by atoms with Gasteiger partial charge in [0.15, 0.2) is 12.1 Å². The van der Waals surface area contributed by atoms with E-state index in [1.807, 2.05) is 30.3 Å². The molecule has 4 N–H and O–H groups in total. The molecule has 226 valence electrons. The molecule has 3 unspecified atom stereocenters. The van der Waals surface area contributed by atoms with Crippen LogP contribution in [0, 0.1) is 11.0 Å². The molecule has 0 bridgehead atoms. The van der Waals surface area contributed by atoms with Crippen LogP contribution < -0.4 is 16.1 Å². The Morgan fingerprint density at radius 2 is 1.77 bits per heavy atom. The van der Waals surface area contributed by atoms with Crippen LogP contribution in [-0.2, 0) is 32.0 Å². The summed E-state index contributed by atoms with van der Waals surface area (Å²) in [4.78, 5) is 34.4. The van der Waals surface area contributed by atoms with Crippen LogP contribution in [0.2, 0.25) is 0 Å². The number of benzene rings is 3. The Balaban J connectivity index is 1.68. The molecule has 2 aliphatic heterocycles. The average Bonchev–Trinajstić information content (AvgIpc) is 3.14. The summed E-state index contributed by atoms with van der Waals surface area (Å²) in [6.45, 7) is 4.31. The predicted octanol–water partition coefficient (Wildman–Crippen LogP) is 2.21. The maximum atomic E-state index is 14.6. The molecule has 5 rings (SSSR count). The SMILES string of the molecule is CCC(C(N)=O)(c1ccc(F)cc1)C1(NC(=O)OCc2ccccc2)c2ccccc2C(CN2CCOCC2)=NC[NH+]1[O-]. The molecule has 1 saturated heterocycles. The minimum atomic E-state index is -2.04. The van der Waals surface area contributed by atoms with Gasteiger partial charge in [-0.3, -0.25) is 15.0 Å². The number of ether oxygens (including phenoxy) is 2.